The summed E-state index contributed by atoms with van der Waals surface area (Å²) in [5, 5.41) is 20.6. The molecule has 1 saturated heterocycles. The average Bonchev–Trinajstić information content (AvgIpc) is 3.23. The smallest absolute Gasteiger partial charge is 0.387 e. The summed E-state index contributed by atoms with van der Waals surface area (Å²) in [6.07, 6.45) is -0.445. The Bertz CT molecular complexity index is 939. The van der Waals surface area contributed by atoms with Gasteiger partial charge in [-0.15, -0.1) is 0 Å². The number of anilines is 1. The summed E-state index contributed by atoms with van der Waals surface area (Å²) < 4.78 is 28.2. The molecule has 3 heterocycles. The second kappa shape index (κ2) is 9.33. The van der Waals surface area contributed by atoms with Gasteiger partial charge >= 0.3 is 13.8 Å². The molecule has 0 aliphatic carbocycles. The van der Waals surface area contributed by atoms with E-state index in [0.29, 0.717) is 6.42 Å². The van der Waals surface area contributed by atoms with Crippen LogP contribution in [0.4, 0.5) is 5.82 Å². The molecule has 14 heteroatoms. The maximum absolute atomic E-state index is 12.0. The van der Waals surface area contributed by atoms with E-state index in [-0.39, 0.29) is 23.4 Å². The van der Waals surface area contributed by atoms with Gasteiger partial charge in [-0.2, -0.15) is 0 Å². The third-order valence-corrected chi connectivity index (χ3v) is 5.51. The molecule has 166 valence electrons. The van der Waals surface area contributed by atoms with Gasteiger partial charge in [-0.05, 0) is 6.42 Å². The number of ether oxygens (including phenoxy) is 1. The molecular formula is C16H24N5O8P. The zero-order valence-electron chi connectivity index (χ0n) is 16.2. The van der Waals surface area contributed by atoms with Crippen LogP contribution >= 0.6 is 7.82 Å². The van der Waals surface area contributed by atoms with E-state index in [1.807, 2.05) is 6.92 Å². The fraction of sp³-hybridized carbons (Fsp3) is 0.625. The number of carbonyl (C=O) groups excluding carboxylic acids is 1. The number of nitrogen functional groups attached to an aromatic ring is 1. The predicted molar refractivity (Wildman–Crippen MR) is 102 cm³/mol. The summed E-state index contributed by atoms with van der Waals surface area (Å²) in [4.78, 5) is 33.3. The second-order valence-corrected chi connectivity index (χ2v) is 8.19. The Kier molecular flexibility index (Phi) is 7.01. The van der Waals surface area contributed by atoms with Crippen molar-refractivity contribution < 1.29 is 38.3 Å². The first-order chi connectivity index (χ1) is 14.2. The van der Waals surface area contributed by atoms with Crippen LogP contribution < -0.4 is 5.73 Å². The molecule has 0 radical (unpaired) electrons. The average molecular weight is 445 g/mol. The van der Waals surface area contributed by atoms with E-state index in [1.165, 1.54) is 17.2 Å². The number of hydrogen-bond acceptors (Lipinski definition) is 11. The molecule has 2 unspecified atom stereocenters. The van der Waals surface area contributed by atoms with Crippen LogP contribution in [0, 0.1) is 0 Å². The number of nitrogens with zero attached hydrogens (tertiary/aromatic N) is 4. The number of rotatable bonds is 9. The van der Waals surface area contributed by atoms with Crippen LogP contribution in [-0.4, -0.2) is 65.5 Å². The lowest BCUT2D eigenvalue weighted by Crippen LogP contribution is -2.33. The van der Waals surface area contributed by atoms with Crippen LogP contribution in [0.1, 0.15) is 38.8 Å². The number of nitrogens with two attached hydrogens (primary N) is 1. The molecule has 0 saturated carbocycles. The zero-order chi connectivity index (χ0) is 21.9. The van der Waals surface area contributed by atoms with Gasteiger partial charge in [0.25, 0.3) is 0 Å². The zero-order valence-corrected chi connectivity index (χ0v) is 17.1. The Morgan fingerprint density at radius 2 is 2.07 bits per heavy atom. The summed E-state index contributed by atoms with van der Waals surface area (Å²) in [5.74, 6) is -0.726. The molecule has 5 N–H and O–H groups in total. The number of carbonyl (C=O) groups is 1. The molecule has 0 amide bonds. The molecule has 0 bridgehead atoms. The van der Waals surface area contributed by atoms with Crippen molar-refractivity contribution in [2.45, 2.75) is 57.1 Å². The minimum atomic E-state index is -4.70. The number of aromatic nitrogens is 4. The van der Waals surface area contributed by atoms with Crippen molar-refractivity contribution in [3.63, 3.8) is 0 Å². The largest absolute Gasteiger partial charge is 0.529 e. The number of unbranched alkanes of at least 4 members (excludes halogenated alkanes) is 2. The van der Waals surface area contributed by atoms with E-state index in [2.05, 4.69) is 19.5 Å². The van der Waals surface area contributed by atoms with Crippen molar-refractivity contribution in [1.82, 2.24) is 19.5 Å². The van der Waals surface area contributed by atoms with Gasteiger partial charge in [0.2, 0.25) is 0 Å². The van der Waals surface area contributed by atoms with E-state index in [1.54, 1.807) is 0 Å². The number of hydrogen-bond donors (Lipinski definition) is 4. The Morgan fingerprint density at radius 3 is 2.80 bits per heavy atom. The summed E-state index contributed by atoms with van der Waals surface area (Å²) in [5.41, 5.74) is 6.29. The van der Waals surface area contributed by atoms with Gasteiger partial charge in [-0.1, -0.05) is 19.8 Å². The van der Waals surface area contributed by atoms with E-state index in [9.17, 15) is 24.5 Å². The van der Waals surface area contributed by atoms with Crippen molar-refractivity contribution in [2.24, 2.45) is 0 Å². The molecule has 2 aromatic heterocycles. The summed E-state index contributed by atoms with van der Waals surface area (Å²) in [6, 6.07) is 0. The Balaban J connectivity index is 1.62. The molecule has 0 aromatic carbocycles. The number of fused-ring (bicyclic) bond motifs is 1. The highest BCUT2D eigenvalue weighted by Crippen LogP contribution is 2.45. The SMILES string of the molecule is CCCCCC(=O)OP(=O)(O)OC[C@H]1O[C@@H](n2cnc3c(N)ncnc32)C(O)[C@H]1O. The predicted octanol–water partition coefficient (Wildman–Crippen LogP) is 0.268. The third-order valence-electron chi connectivity index (χ3n) is 4.60. The van der Waals surface area contributed by atoms with Crippen molar-refractivity contribution in [3.8, 4) is 0 Å². The van der Waals surface area contributed by atoms with Crippen LogP contribution in [0.3, 0.4) is 0 Å². The van der Waals surface area contributed by atoms with Crippen molar-refractivity contribution >= 4 is 30.8 Å². The standard InChI is InChI=1S/C16H24N5O8P/c1-2-3-4-5-10(22)29-30(25,26)27-6-9-12(23)13(24)16(28-9)21-8-20-11-14(17)18-7-19-15(11)21/h7-9,12-13,16,23-24H,2-6H2,1H3,(H,25,26)(H2,17,18,19)/t9-,12+,13?,16-/m1/s1. The molecule has 1 fully saturated rings. The third kappa shape index (κ3) is 4.94. The van der Waals surface area contributed by atoms with Gasteiger partial charge in [0, 0.05) is 6.42 Å². The lowest BCUT2D eigenvalue weighted by Gasteiger charge is -2.17. The number of phosphoric ester groups is 1. The lowest BCUT2D eigenvalue weighted by atomic mass is 10.1. The number of aliphatic hydroxyl groups excluding tert-OH is 2. The van der Waals surface area contributed by atoms with Gasteiger partial charge in [0.15, 0.2) is 17.7 Å². The van der Waals surface area contributed by atoms with Crippen molar-refractivity contribution in [1.29, 1.82) is 0 Å². The molecule has 2 aromatic rings. The molecule has 5 atom stereocenters. The van der Waals surface area contributed by atoms with E-state index in [4.69, 9.17) is 15.0 Å². The minimum absolute atomic E-state index is 0.0101. The minimum Gasteiger partial charge on any atom is -0.387 e. The van der Waals surface area contributed by atoms with Crippen LogP contribution in [0.2, 0.25) is 0 Å². The number of imidazole rings is 1. The summed E-state index contributed by atoms with van der Waals surface area (Å²) in [7, 11) is -4.70. The fourth-order valence-corrected chi connectivity index (χ4v) is 3.78. The Labute approximate surface area is 171 Å². The van der Waals surface area contributed by atoms with Gasteiger partial charge in [-0.3, -0.25) is 18.8 Å². The van der Waals surface area contributed by atoms with E-state index >= 15 is 0 Å². The molecule has 30 heavy (non-hydrogen) atoms. The van der Waals surface area contributed by atoms with Gasteiger partial charge < -0.3 is 25.2 Å². The second-order valence-electron chi connectivity index (χ2n) is 6.81. The van der Waals surface area contributed by atoms with Crippen molar-refractivity contribution in [2.75, 3.05) is 12.3 Å². The van der Waals surface area contributed by atoms with Gasteiger partial charge in [0.1, 0.15) is 30.2 Å². The van der Waals surface area contributed by atoms with Crippen molar-refractivity contribution in [3.05, 3.63) is 12.7 Å². The molecule has 13 nitrogen and oxygen atoms in total. The first-order valence-corrected chi connectivity index (χ1v) is 10.9. The highest BCUT2D eigenvalue weighted by molar-refractivity contribution is 7.48. The van der Waals surface area contributed by atoms with E-state index in [0.717, 1.165) is 12.8 Å². The summed E-state index contributed by atoms with van der Waals surface area (Å²) >= 11 is 0. The Hall–Kier alpha value is -2.15. The Morgan fingerprint density at radius 1 is 1.30 bits per heavy atom. The first kappa shape index (κ1) is 22.5. The quantitative estimate of drug-likeness (QED) is 0.304. The maximum Gasteiger partial charge on any atom is 0.529 e. The maximum atomic E-state index is 12.0. The molecule has 0 spiro atoms. The number of phosphoric acid groups is 1. The number of aliphatic hydroxyl groups is 2. The molecule has 3 rings (SSSR count). The highest BCUT2D eigenvalue weighted by Gasteiger charge is 2.45. The summed E-state index contributed by atoms with van der Waals surface area (Å²) in [6.45, 7) is 1.35. The first-order valence-electron chi connectivity index (χ1n) is 9.38. The monoisotopic (exact) mass is 445 g/mol. The molecule has 1 aliphatic rings. The topological polar surface area (TPSA) is 192 Å². The fourth-order valence-electron chi connectivity index (χ4n) is 3.04. The van der Waals surface area contributed by atoms with E-state index < -0.39 is 44.9 Å². The van der Waals surface area contributed by atoms with Crippen LogP contribution in [-0.2, 0) is 23.1 Å². The molecule has 1 aliphatic heterocycles. The lowest BCUT2D eigenvalue weighted by molar-refractivity contribution is -0.136. The van der Waals surface area contributed by atoms with Gasteiger partial charge in [-0.25, -0.2) is 19.5 Å². The van der Waals surface area contributed by atoms with Crippen LogP contribution in [0.5, 0.6) is 0 Å². The van der Waals surface area contributed by atoms with Crippen LogP contribution in [0.15, 0.2) is 12.7 Å². The van der Waals surface area contributed by atoms with Crippen LogP contribution in [0.25, 0.3) is 11.2 Å². The highest BCUT2D eigenvalue weighted by atomic mass is 31.2. The van der Waals surface area contributed by atoms with Gasteiger partial charge in [0.05, 0.1) is 12.9 Å². The molecular weight excluding hydrogens is 421 g/mol. The normalized spacial score (nSPS) is 26.0.